The van der Waals surface area contributed by atoms with Crippen LogP contribution in [0, 0.1) is 0 Å². The van der Waals surface area contributed by atoms with E-state index in [1.807, 2.05) is 18.2 Å². The van der Waals surface area contributed by atoms with Crippen LogP contribution in [0.25, 0.3) is 22.6 Å². The SMILES string of the molecule is CC(O)c1cc2[nH]c(-c3ccccn3)nc2cc1Oc1ccc(S(C)(=O)=O)cc1. The van der Waals surface area contributed by atoms with Crippen molar-refractivity contribution in [3.8, 4) is 23.0 Å². The highest BCUT2D eigenvalue weighted by Gasteiger charge is 2.16. The molecule has 1 unspecified atom stereocenters. The molecule has 0 aliphatic rings. The molecule has 4 rings (SSSR count). The number of hydrogen-bond donors (Lipinski definition) is 2. The zero-order valence-electron chi connectivity index (χ0n) is 15.8. The second-order valence-corrected chi connectivity index (χ2v) is 8.74. The van der Waals surface area contributed by atoms with Crippen molar-refractivity contribution in [1.82, 2.24) is 15.0 Å². The number of sulfone groups is 1. The van der Waals surface area contributed by atoms with Gasteiger partial charge in [-0.3, -0.25) is 4.98 Å². The fourth-order valence-corrected chi connectivity index (χ4v) is 3.61. The Labute approximate surface area is 168 Å². The van der Waals surface area contributed by atoms with Gasteiger partial charge in [0, 0.05) is 24.1 Å². The van der Waals surface area contributed by atoms with Gasteiger partial charge in [-0.25, -0.2) is 13.4 Å². The van der Waals surface area contributed by atoms with Gasteiger partial charge in [0.05, 0.1) is 22.0 Å². The second-order valence-electron chi connectivity index (χ2n) is 6.73. The molecule has 0 aliphatic carbocycles. The highest BCUT2D eigenvalue weighted by molar-refractivity contribution is 7.90. The first-order chi connectivity index (χ1) is 13.8. The minimum absolute atomic E-state index is 0.211. The van der Waals surface area contributed by atoms with Crippen LogP contribution in [0.3, 0.4) is 0 Å². The van der Waals surface area contributed by atoms with Crippen molar-refractivity contribution in [3.63, 3.8) is 0 Å². The van der Waals surface area contributed by atoms with E-state index < -0.39 is 15.9 Å². The Kier molecular flexibility index (Phi) is 4.81. The molecule has 0 aliphatic heterocycles. The van der Waals surface area contributed by atoms with Crippen LogP contribution in [-0.4, -0.2) is 34.7 Å². The molecule has 0 amide bonds. The van der Waals surface area contributed by atoms with Crippen LogP contribution in [0.5, 0.6) is 11.5 Å². The second kappa shape index (κ2) is 7.31. The summed E-state index contributed by atoms with van der Waals surface area (Å²) < 4.78 is 29.2. The lowest BCUT2D eigenvalue weighted by molar-refractivity contribution is 0.196. The third-order valence-corrected chi connectivity index (χ3v) is 5.58. The van der Waals surface area contributed by atoms with E-state index in [-0.39, 0.29) is 4.90 Å². The number of aromatic nitrogens is 3. The molecule has 148 valence electrons. The van der Waals surface area contributed by atoms with Gasteiger partial charge < -0.3 is 14.8 Å². The summed E-state index contributed by atoms with van der Waals surface area (Å²) in [5.74, 6) is 1.52. The molecule has 29 heavy (non-hydrogen) atoms. The van der Waals surface area contributed by atoms with E-state index in [9.17, 15) is 13.5 Å². The fourth-order valence-electron chi connectivity index (χ4n) is 2.98. The van der Waals surface area contributed by atoms with Gasteiger partial charge in [0.1, 0.15) is 17.2 Å². The van der Waals surface area contributed by atoms with Crippen LogP contribution in [0.2, 0.25) is 0 Å². The Morgan fingerprint density at radius 3 is 2.48 bits per heavy atom. The minimum Gasteiger partial charge on any atom is -0.457 e. The Bertz CT molecular complexity index is 1260. The number of hydrogen-bond acceptors (Lipinski definition) is 6. The number of nitrogens with zero attached hydrogens (tertiary/aromatic N) is 2. The van der Waals surface area contributed by atoms with Crippen LogP contribution in [0.1, 0.15) is 18.6 Å². The Hall–Kier alpha value is -3.23. The third-order valence-electron chi connectivity index (χ3n) is 4.45. The van der Waals surface area contributed by atoms with Crippen LogP contribution in [0.15, 0.2) is 65.7 Å². The summed E-state index contributed by atoms with van der Waals surface area (Å²) in [4.78, 5) is 12.3. The van der Waals surface area contributed by atoms with Gasteiger partial charge in [-0.15, -0.1) is 0 Å². The molecular weight excluding hydrogens is 390 g/mol. The zero-order chi connectivity index (χ0) is 20.6. The lowest BCUT2D eigenvalue weighted by atomic mass is 10.1. The highest BCUT2D eigenvalue weighted by Crippen LogP contribution is 2.34. The van der Waals surface area contributed by atoms with Gasteiger partial charge >= 0.3 is 0 Å². The summed E-state index contributed by atoms with van der Waals surface area (Å²) in [6.07, 6.45) is 2.07. The zero-order valence-corrected chi connectivity index (χ0v) is 16.6. The number of aliphatic hydroxyl groups is 1. The standard InChI is InChI=1S/C21H19N3O4S/c1-13(25)16-11-18-19(24-21(23-18)17-5-3-4-10-22-17)12-20(16)28-14-6-8-15(9-7-14)29(2,26)27/h3-13,25H,1-2H3,(H,23,24). The fraction of sp³-hybridized carbons (Fsp3) is 0.143. The molecule has 1 atom stereocenters. The van der Waals surface area contributed by atoms with Gasteiger partial charge in [-0.2, -0.15) is 0 Å². The first kappa shape index (κ1) is 19.1. The van der Waals surface area contributed by atoms with Gasteiger partial charge in [0.15, 0.2) is 15.7 Å². The minimum atomic E-state index is -3.28. The smallest absolute Gasteiger partial charge is 0.175 e. The maximum absolute atomic E-state index is 11.6. The van der Waals surface area contributed by atoms with E-state index >= 15 is 0 Å². The van der Waals surface area contributed by atoms with Crippen LogP contribution < -0.4 is 4.74 Å². The van der Waals surface area contributed by atoms with E-state index in [1.165, 1.54) is 12.1 Å². The Morgan fingerprint density at radius 2 is 1.86 bits per heavy atom. The summed E-state index contributed by atoms with van der Waals surface area (Å²) in [6, 6.07) is 15.2. The molecular formula is C21H19N3O4S. The van der Waals surface area contributed by atoms with E-state index in [2.05, 4.69) is 15.0 Å². The number of H-pyrrole nitrogens is 1. The number of imidazole rings is 1. The number of pyridine rings is 1. The molecule has 0 saturated carbocycles. The predicted octanol–water partition coefficient (Wildman–Crippen LogP) is 3.87. The molecule has 0 radical (unpaired) electrons. The Balaban J connectivity index is 1.73. The molecule has 4 aromatic rings. The van der Waals surface area contributed by atoms with Crippen molar-refractivity contribution in [2.75, 3.05) is 6.26 Å². The molecule has 2 heterocycles. The summed E-state index contributed by atoms with van der Waals surface area (Å²) in [5.41, 5.74) is 2.71. The van der Waals surface area contributed by atoms with E-state index in [0.717, 1.165) is 11.8 Å². The van der Waals surface area contributed by atoms with Crippen LogP contribution in [0.4, 0.5) is 0 Å². The maximum Gasteiger partial charge on any atom is 0.175 e. The first-order valence-corrected chi connectivity index (χ1v) is 10.8. The molecule has 0 fully saturated rings. The normalized spacial score (nSPS) is 12.8. The van der Waals surface area contributed by atoms with Crippen molar-refractivity contribution in [2.24, 2.45) is 0 Å². The molecule has 2 N–H and O–H groups in total. The van der Waals surface area contributed by atoms with E-state index in [1.54, 1.807) is 37.4 Å². The average Bonchev–Trinajstić information content (AvgIpc) is 3.11. The van der Waals surface area contributed by atoms with Crippen LogP contribution >= 0.6 is 0 Å². The van der Waals surface area contributed by atoms with Gasteiger partial charge in [0.2, 0.25) is 0 Å². The number of benzene rings is 2. The summed E-state index contributed by atoms with van der Waals surface area (Å²) in [6.45, 7) is 1.65. The van der Waals surface area contributed by atoms with Crippen LogP contribution in [-0.2, 0) is 9.84 Å². The monoisotopic (exact) mass is 409 g/mol. The predicted molar refractivity (Wildman–Crippen MR) is 110 cm³/mol. The number of rotatable bonds is 5. The molecule has 8 heteroatoms. The van der Waals surface area contributed by atoms with Gasteiger partial charge in [-0.1, -0.05) is 6.07 Å². The largest absolute Gasteiger partial charge is 0.457 e. The number of fused-ring (bicyclic) bond motifs is 1. The molecule has 2 aromatic heterocycles. The lowest BCUT2D eigenvalue weighted by Gasteiger charge is -2.13. The first-order valence-electron chi connectivity index (χ1n) is 8.92. The molecule has 0 saturated heterocycles. The van der Waals surface area contributed by atoms with Gasteiger partial charge in [0.25, 0.3) is 0 Å². The summed E-state index contributed by atoms with van der Waals surface area (Å²) in [7, 11) is -3.28. The average molecular weight is 409 g/mol. The maximum atomic E-state index is 11.6. The highest BCUT2D eigenvalue weighted by atomic mass is 32.2. The topological polar surface area (TPSA) is 105 Å². The molecule has 7 nitrogen and oxygen atoms in total. The number of aliphatic hydroxyl groups excluding tert-OH is 1. The summed E-state index contributed by atoms with van der Waals surface area (Å²) in [5, 5.41) is 10.2. The van der Waals surface area contributed by atoms with E-state index in [4.69, 9.17) is 4.74 Å². The van der Waals surface area contributed by atoms with Crippen molar-refractivity contribution in [1.29, 1.82) is 0 Å². The molecule has 0 spiro atoms. The Morgan fingerprint density at radius 1 is 1.10 bits per heavy atom. The van der Waals surface area contributed by atoms with Crippen molar-refractivity contribution in [2.45, 2.75) is 17.9 Å². The molecule has 2 aromatic carbocycles. The van der Waals surface area contributed by atoms with E-state index in [0.29, 0.717) is 34.1 Å². The molecule has 0 bridgehead atoms. The number of nitrogens with one attached hydrogen (secondary N) is 1. The van der Waals surface area contributed by atoms with Gasteiger partial charge in [-0.05, 0) is 49.4 Å². The van der Waals surface area contributed by atoms with Crippen molar-refractivity contribution in [3.05, 3.63) is 66.4 Å². The summed E-state index contributed by atoms with van der Waals surface area (Å²) >= 11 is 0. The quantitative estimate of drug-likeness (QED) is 0.518. The lowest BCUT2D eigenvalue weighted by Crippen LogP contribution is -1.98. The number of ether oxygens (including phenoxy) is 1. The number of aromatic amines is 1. The van der Waals surface area contributed by atoms with Crippen molar-refractivity contribution < 1.29 is 18.3 Å². The van der Waals surface area contributed by atoms with Crippen molar-refractivity contribution >= 4 is 20.9 Å². The third kappa shape index (κ3) is 3.98.